The molecule has 0 heterocycles. The number of nitrogens with zero attached hydrogens (tertiary/aromatic N) is 1. The average molecular weight is 262 g/mol. The van der Waals surface area contributed by atoms with Crippen molar-refractivity contribution in [3.05, 3.63) is 24.3 Å². The number of guanidine groups is 1. The zero-order valence-electron chi connectivity index (χ0n) is 8.86. The highest BCUT2D eigenvalue weighted by Gasteiger charge is 2.30. The highest BCUT2D eigenvalue weighted by molar-refractivity contribution is 5.95. The first kappa shape index (κ1) is 13.6. The van der Waals surface area contributed by atoms with Crippen molar-refractivity contribution in [2.75, 3.05) is 0 Å². The van der Waals surface area contributed by atoms with E-state index in [1.165, 1.54) is 12.1 Å². The Labute approximate surface area is 99.4 Å². The third kappa shape index (κ3) is 5.05. The van der Waals surface area contributed by atoms with Gasteiger partial charge < -0.3 is 16.2 Å². The molecule has 0 fully saturated rings. The first-order valence-corrected chi connectivity index (χ1v) is 4.53. The number of carbonyl (C=O) groups excluding carboxylic acids is 1. The van der Waals surface area contributed by atoms with Gasteiger partial charge in [0.15, 0.2) is 0 Å². The van der Waals surface area contributed by atoms with Crippen molar-refractivity contribution < 1.29 is 22.7 Å². The molecule has 0 atom stereocenters. The molecule has 0 aliphatic heterocycles. The van der Waals surface area contributed by atoms with Gasteiger partial charge in [-0.05, 0) is 24.3 Å². The predicted molar refractivity (Wildman–Crippen MR) is 57.1 cm³/mol. The van der Waals surface area contributed by atoms with Gasteiger partial charge in [0.2, 0.25) is 5.96 Å². The van der Waals surface area contributed by atoms with Crippen LogP contribution in [0.3, 0.4) is 0 Å². The molecule has 0 aliphatic rings. The summed E-state index contributed by atoms with van der Waals surface area (Å²) in [5, 5.41) is 2.00. The van der Waals surface area contributed by atoms with Crippen molar-refractivity contribution in [1.82, 2.24) is 5.32 Å². The normalized spacial score (nSPS) is 12.1. The van der Waals surface area contributed by atoms with Gasteiger partial charge >= 0.3 is 12.4 Å². The molecule has 1 aromatic rings. The number of rotatable bonds is 2. The van der Waals surface area contributed by atoms with Gasteiger partial charge in [0.05, 0.1) is 5.69 Å². The Morgan fingerprint density at radius 1 is 1.22 bits per heavy atom. The minimum atomic E-state index is -4.75. The number of primary amides is 1. The van der Waals surface area contributed by atoms with Crippen LogP contribution in [0.2, 0.25) is 0 Å². The van der Waals surface area contributed by atoms with E-state index in [0.717, 1.165) is 12.1 Å². The van der Waals surface area contributed by atoms with Gasteiger partial charge in [0, 0.05) is 0 Å². The second kappa shape index (κ2) is 5.25. The second-order valence-electron chi connectivity index (χ2n) is 3.03. The fraction of sp³-hybridized carbons (Fsp3) is 0.111. The first-order chi connectivity index (χ1) is 8.26. The molecule has 0 spiro atoms. The highest BCUT2D eigenvalue weighted by atomic mass is 19.4. The summed E-state index contributed by atoms with van der Waals surface area (Å²) >= 11 is 0. The number of urea groups is 1. The van der Waals surface area contributed by atoms with E-state index in [4.69, 9.17) is 11.5 Å². The maximum absolute atomic E-state index is 11.9. The van der Waals surface area contributed by atoms with E-state index in [1.807, 2.05) is 5.32 Å². The number of amides is 2. The average Bonchev–Trinajstić information content (AvgIpc) is 2.17. The van der Waals surface area contributed by atoms with Gasteiger partial charge in [-0.1, -0.05) is 0 Å². The molecular formula is C9H9F3N4O2. The van der Waals surface area contributed by atoms with Gasteiger partial charge in [0.25, 0.3) is 0 Å². The number of ether oxygens (including phenoxy) is 1. The molecule has 2 amide bonds. The molecule has 6 nitrogen and oxygen atoms in total. The maximum atomic E-state index is 11.9. The van der Waals surface area contributed by atoms with Crippen molar-refractivity contribution in [3.8, 4) is 5.75 Å². The van der Waals surface area contributed by atoms with Crippen molar-refractivity contribution in [2.24, 2.45) is 16.5 Å². The predicted octanol–water partition coefficient (Wildman–Crippen LogP) is 1.20. The van der Waals surface area contributed by atoms with Crippen LogP contribution in [0.25, 0.3) is 0 Å². The molecule has 0 radical (unpaired) electrons. The topological polar surface area (TPSA) is 103 Å². The molecule has 0 aliphatic carbocycles. The number of alkyl halides is 3. The molecule has 5 N–H and O–H groups in total. The number of nitrogens with one attached hydrogen (secondary N) is 1. The molecule has 0 unspecified atom stereocenters. The highest BCUT2D eigenvalue weighted by Crippen LogP contribution is 2.24. The van der Waals surface area contributed by atoms with E-state index < -0.39 is 12.4 Å². The molecule has 9 heteroatoms. The summed E-state index contributed by atoms with van der Waals surface area (Å²) in [5.41, 5.74) is 10.3. The fourth-order valence-corrected chi connectivity index (χ4v) is 1.02. The third-order valence-electron chi connectivity index (χ3n) is 1.57. The maximum Gasteiger partial charge on any atom is 0.573 e. The van der Waals surface area contributed by atoms with Gasteiger partial charge in [0.1, 0.15) is 5.75 Å². The number of carbonyl (C=O) groups is 1. The molecule has 98 valence electrons. The Morgan fingerprint density at radius 2 is 1.78 bits per heavy atom. The Hall–Kier alpha value is -2.45. The molecule has 1 rings (SSSR count). The van der Waals surface area contributed by atoms with Crippen molar-refractivity contribution >= 4 is 17.7 Å². The summed E-state index contributed by atoms with van der Waals surface area (Å²) in [6.45, 7) is 0. The SMILES string of the molecule is NC(=O)NC(N)=Nc1ccc(OC(F)(F)F)cc1. The standard InChI is InChI=1S/C9H9F3N4O2/c10-9(11,12)18-6-3-1-5(2-4-6)15-7(13)16-8(14)17/h1-4H,(H5,13,14,15,16,17). The van der Waals surface area contributed by atoms with Crippen LogP contribution in [-0.4, -0.2) is 18.4 Å². The fourth-order valence-electron chi connectivity index (χ4n) is 1.02. The Balaban J connectivity index is 2.74. The number of aliphatic imine (C=N–C) groups is 1. The van der Waals surface area contributed by atoms with E-state index in [9.17, 15) is 18.0 Å². The lowest BCUT2D eigenvalue weighted by Crippen LogP contribution is -2.39. The molecule has 0 saturated heterocycles. The van der Waals surface area contributed by atoms with E-state index in [2.05, 4.69) is 9.73 Å². The molecular weight excluding hydrogens is 253 g/mol. The summed E-state index contributed by atoms with van der Waals surface area (Å²) in [4.78, 5) is 14.1. The minimum absolute atomic E-state index is 0.232. The number of benzene rings is 1. The van der Waals surface area contributed by atoms with Crippen LogP contribution in [0.15, 0.2) is 29.3 Å². The lowest BCUT2D eigenvalue weighted by molar-refractivity contribution is -0.274. The van der Waals surface area contributed by atoms with Crippen LogP contribution < -0.4 is 21.5 Å². The van der Waals surface area contributed by atoms with E-state index >= 15 is 0 Å². The Morgan fingerprint density at radius 3 is 2.22 bits per heavy atom. The van der Waals surface area contributed by atoms with E-state index in [0.29, 0.717) is 0 Å². The lowest BCUT2D eigenvalue weighted by atomic mass is 10.3. The van der Waals surface area contributed by atoms with Crippen molar-refractivity contribution in [3.63, 3.8) is 0 Å². The molecule has 0 bridgehead atoms. The molecule has 0 aromatic heterocycles. The zero-order chi connectivity index (χ0) is 13.8. The minimum Gasteiger partial charge on any atom is -0.406 e. The summed E-state index contributed by atoms with van der Waals surface area (Å²) in [5.74, 6) is -0.658. The lowest BCUT2D eigenvalue weighted by Gasteiger charge is -2.08. The Kier molecular flexibility index (Phi) is 3.97. The van der Waals surface area contributed by atoms with Crippen molar-refractivity contribution in [2.45, 2.75) is 6.36 Å². The molecule has 1 aromatic carbocycles. The summed E-state index contributed by atoms with van der Waals surface area (Å²) in [6, 6.07) is 3.69. The van der Waals surface area contributed by atoms with Crippen molar-refractivity contribution in [1.29, 1.82) is 0 Å². The van der Waals surface area contributed by atoms with E-state index in [-0.39, 0.29) is 17.4 Å². The zero-order valence-corrected chi connectivity index (χ0v) is 8.86. The number of halogens is 3. The smallest absolute Gasteiger partial charge is 0.406 e. The van der Waals surface area contributed by atoms with Crippen LogP contribution in [0.1, 0.15) is 0 Å². The van der Waals surface area contributed by atoms with Crippen LogP contribution in [0, 0.1) is 0 Å². The van der Waals surface area contributed by atoms with Gasteiger partial charge in [-0.25, -0.2) is 9.79 Å². The number of hydrogen-bond donors (Lipinski definition) is 3. The number of nitrogens with two attached hydrogens (primary N) is 2. The van der Waals surface area contributed by atoms with Crippen LogP contribution in [-0.2, 0) is 0 Å². The number of hydrogen-bond acceptors (Lipinski definition) is 3. The summed E-state index contributed by atoms with van der Waals surface area (Å²) < 4.78 is 39.2. The summed E-state index contributed by atoms with van der Waals surface area (Å²) in [7, 11) is 0. The monoisotopic (exact) mass is 262 g/mol. The van der Waals surface area contributed by atoms with Gasteiger partial charge in [-0.15, -0.1) is 13.2 Å². The van der Waals surface area contributed by atoms with Gasteiger partial charge in [-0.3, -0.25) is 5.32 Å². The van der Waals surface area contributed by atoms with Gasteiger partial charge in [-0.2, -0.15) is 0 Å². The molecule has 0 saturated carbocycles. The Bertz CT molecular complexity index is 456. The quantitative estimate of drug-likeness (QED) is 0.551. The largest absolute Gasteiger partial charge is 0.573 e. The van der Waals surface area contributed by atoms with Crippen LogP contribution >= 0.6 is 0 Å². The van der Waals surface area contributed by atoms with E-state index in [1.54, 1.807) is 0 Å². The summed E-state index contributed by atoms with van der Waals surface area (Å²) in [6.07, 6.45) is -4.75. The third-order valence-corrected chi connectivity index (χ3v) is 1.57. The molecule has 18 heavy (non-hydrogen) atoms. The first-order valence-electron chi connectivity index (χ1n) is 4.53. The van der Waals surface area contributed by atoms with Crippen LogP contribution in [0.4, 0.5) is 23.7 Å². The van der Waals surface area contributed by atoms with Crippen LogP contribution in [0.5, 0.6) is 5.75 Å². The second-order valence-corrected chi connectivity index (χ2v) is 3.03.